The van der Waals surface area contributed by atoms with Crippen LogP contribution in [0.25, 0.3) is 5.69 Å². The lowest BCUT2D eigenvalue weighted by atomic mass is 10.1. The number of carbonyl (C=O) groups excluding carboxylic acids is 1. The Morgan fingerprint density at radius 2 is 1.91 bits per heavy atom. The summed E-state index contributed by atoms with van der Waals surface area (Å²) in [6.45, 7) is 2.59. The lowest BCUT2D eigenvalue weighted by Crippen LogP contribution is -2.46. The summed E-state index contributed by atoms with van der Waals surface area (Å²) in [4.78, 5) is 14.1. The molecule has 1 saturated heterocycles. The predicted molar refractivity (Wildman–Crippen MR) is 77.3 cm³/mol. The molecule has 1 aliphatic heterocycles. The largest absolute Gasteiger partial charge is 0.433 e. The maximum Gasteiger partial charge on any atom is 0.433 e. The number of piperazine rings is 1. The Kier molecular flexibility index (Phi) is 4.08. The van der Waals surface area contributed by atoms with Gasteiger partial charge < -0.3 is 10.2 Å². The molecular formula is C15H15F3N4O. The number of aromatic nitrogens is 2. The highest BCUT2D eigenvalue weighted by Crippen LogP contribution is 2.30. The molecule has 1 fully saturated rings. The molecule has 23 heavy (non-hydrogen) atoms. The van der Waals surface area contributed by atoms with E-state index in [0.717, 1.165) is 16.9 Å². The summed E-state index contributed by atoms with van der Waals surface area (Å²) in [5, 5.41) is 6.87. The molecule has 3 rings (SSSR count). The Morgan fingerprint density at radius 3 is 2.61 bits per heavy atom. The van der Waals surface area contributed by atoms with E-state index in [0.29, 0.717) is 31.7 Å². The van der Waals surface area contributed by atoms with E-state index in [2.05, 4.69) is 10.4 Å². The molecule has 5 nitrogen and oxygen atoms in total. The van der Waals surface area contributed by atoms with Crippen LogP contribution in [0.2, 0.25) is 0 Å². The number of hydrogen-bond acceptors (Lipinski definition) is 3. The zero-order chi connectivity index (χ0) is 16.4. The van der Waals surface area contributed by atoms with Gasteiger partial charge in [-0.1, -0.05) is 6.07 Å². The van der Waals surface area contributed by atoms with Gasteiger partial charge in [-0.15, -0.1) is 0 Å². The van der Waals surface area contributed by atoms with Crippen LogP contribution in [0, 0.1) is 0 Å². The normalized spacial score (nSPS) is 15.7. The average molecular weight is 324 g/mol. The predicted octanol–water partition coefficient (Wildman–Crippen LogP) is 1.94. The van der Waals surface area contributed by atoms with E-state index < -0.39 is 11.9 Å². The van der Waals surface area contributed by atoms with Crippen molar-refractivity contribution in [2.24, 2.45) is 0 Å². The second-order valence-electron chi connectivity index (χ2n) is 5.22. The van der Waals surface area contributed by atoms with Crippen LogP contribution in [-0.4, -0.2) is 46.8 Å². The summed E-state index contributed by atoms with van der Waals surface area (Å²) in [6, 6.07) is 7.01. The Labute approximate surface area is 130 Å². The van der Waals surface area contributed by atoms with Crippen LogP contribution in [0.15, 0.2) is 36.5 Å². The third-order valence-electron chi connectivity index (χ3n) is 3.68. The standard InChI is InChI=1S/C15H15F3N4O/c16-15(17,18)13-4-5-20-22(13)12-3-1-2-11(10-12)14(23)21-8-6-19-7-9-21/h1-5,10,19H,6-9H2. The monoisotopic (exact) mass is 324 g/mol. The van der Waals surface area contributed by atoms with Crippen LogP contribution in [0.3, 0.4) is 0 Å². The number of alkyl halides is 3. The van der Waals surface area contributed by atoms with Crippen LogP contribution >= 0.6 is 0 Å². The molecule has 0 aliphatic carbocycles. The summed E-state index contributed by atoms with van der Waals surface area (Å²) in [5.74, 6) is -0.186. The van der Waals surface area contributed by atoms with Crippen LogP contribution in [-0.2, 0) is 6.18 Å². The number of nitrogens with zero attached hydrogens (tertiary/aromatic N) is 3. The number of benzene rings is 1. The fourth-order valence-electron chi connectivity index (χ4n) is 2.54. The summed E-state index contributed by atoms with van der Waals surface area (Å²) in [6.07, 6.45) is -3.41. The van der Waals surface area contributed by atoms with Gasteiger partial charge in [-0.25, -0.2) is 4.68 Å². The third kappa shape index (κ3) is 3.21. The highest BCUT2D eigenvalue weighted by Gasteiger charge is 2.35. The quantitative estimate of drug-likeness (QED) is 0.918. The number of carbonyl (C=O) groups is 1. The summed E-state index contributed by atoms with van der Waals surface area (Å²) in [7, 11) is 0. The highest BCUT2D eigenvalue weighted by molar-refractivity contribution is 5.94. The van der Waals surface area contributed by atoms with Crippen molar-refractivity contribution in [1.82, 2.24) is 20.0 Å². The Morgan fingerprint density at radius 1 is 1.17 bits per heavy atom. The van der Waals surface area contributed by atoms with Gasteiger partial charge in [0.2, 0.25) is 0 Å². The second kappa shape index (κ2) is 6.04. The number of amides is 1. The molecule has 2 heterocycles. The first-order valence-electron chi connectivity index (χ1n) is 7.18. The van der Waals surface area contributed by atoms with Gasteiger partial charge in [-0.3, -0.25) is 4.79 Å². The number of halogens is 3. The molecule has 1 N–H and O–H groups in total. The number of rotatable bonds is 2. The van der Waals surface area contributed by atoms with E-state index >= 15 is 0 Å². The molecular weight excluding hydrogens is 309 g/mol. The zero-order valence-corrected chi connectivity index (χ0v) is 12.2. The van der Waals surface area contributed by atoms with E-state index in [1.165, 1.54) is 12.1 Å². The first-order chi connectivity index (χ1) is 11.0. The molecule has 1 aromatic heterocycles. The molecule has 0 bridgehead atoms. The molecule has 1 amide bonds. The summed E-state index contributed by atoms with van der Waals surface area (Å²) >= 11 is 0. The smallest absolute Gasteiger partial charge is 0.336 e. The molecule has 0 spiro atoms. The summed E-state index contributed by atoms with van der Waals surface area (Å²) < 4.78 is 39.7. The van der Waals surface area contributed by atoms with Crippen molar-refractivity contribution in [2.75, 3.05) is 26.2 Å². The van der Waals surface area contributed by atoms with Crippen molar-refractivity contribution in [3.05, 3.63) is 47.8 Å². The van der Waals surface area contributed by atoms with Gasteiger partial charge in [0.05, 0.1) is 11.9 Å². The van der Waals surface area contributed by atoms with Gasteiger partial charge in [0, 0.05) is 31.7 Å². The van der Waals surface area contributed by atoms with Crippen LogP contribution in [0.4, 0.5) is 13.2 Å². The van der Waals surface area contributed by atoms with Crippen molar-refractivity contribution in [2.45, 2.75) is 6.18 Å². The fraction of sp³-hybridized carbons (Fsp3) is 0.333. The Bertz CT molecular complexity index is 705. The zero-order valence-electron chi connectivity index (χ0n) is 12.2. The van der Waals surface area contributed by atoms with Gasteiger partial charge in [-0.2, -0.15) is 18.3 Å². The molecule has 0 unspecified atom stereocenters. The molecule has 0 atom stereocenters. The van der Waals surface area contributed by atoms with Gasteiger partial charge in [0.15, 0.2) is 0 Å². The SMILES string of the molecule is O=C(c1cccc(-n2nccc2C(F)(F)F)c1)N1CCNCC1. The van der Waals surface area contributed by atoms with Crippen molar-refractivity contribution < 1.29 is 18.0 Å². The molecule has 1 aliphatic rings. The minimum Gasteiger partial charge on any atom is -0.336 e. The first-order valence-corrected chi connectivity index (χ1v) is 7.18. The van der Waals surface area contributed by atoms with Crippen molar-refractivity contribution in [1.29, 1.82) is 0 Å². The molecule has 0 radical (unpaired) electrons. The number of hydrogen-bond donors (Lipinski definition) is 1. The minimum absolute atomic E-state index is 0.186. The Balaban J connectivity index is 1.91. The fourth-order valence-corrected chi connectivity index (χ4v) is 2.54. The maximum absolute atomic E-state index is 13.0. The molecule has 122 valence electrons. The second-order valence-corrected chi connectivity index (χ2v) is 5.22. The van der Waals surface area contributed by atoms with Gasteiger partial charge >= 0.3 is 6.18 Å². The highest BCUT2D eigenvalue weighted by atomic mass is 19.4. The number of nitrogens with one attached hydrogen (secondary N) is 1. The van der Waals surface area contributed by atoms with Gasteiger partial charge in [0.25, 0.3) is 5.91 Å². The first kappa shape index (κ1) is 15.5. The van der Waals surface area contributed by atoms with Crippen LogP contribution in [0.1, 0.15) is 16.1 Å². The van der Waals surface area contributed by atoms with Gasteiger partial charge in [0.1, 0.15) is 5.69 Å². The lowest BCUT2D eigenvalue weighted by Gasteiger charge is -2.27. The van der Waals surface area contributed by atoms with E-state index in [9.17, 15) is 18.0 Å². The molecule has 2 aromatic rings. The van der Waals surface area contributed by atoms with E-state index in [-0.39, 0.29) is 11.6 Å². The summed E-state index contributed by atoms with van der Waals surface area (Å²) in [5.41, 5.74) is -0.305. The van der Waals surface area contributed by atoms with Crippen molar-refractivity contribution in [3.8, 4) is 5.69 Å². The topological polar surface area (TPSA) is 50.2 Å². The van der Waals surface area contributed by atoms with Crippen molar-refractivity contribution >= 4 is 5.91 Å². The maximum atomic E-state index is 13.0. The lowest BCUT2D eigenvalue weighted by molar-refractivity contribution is -0.142. The molecule has 8 heteroatoms. The van der Waals surface area contributed by atoms with Crippen LogP contribution < -0.4 is 5.32 Å². The average Bonchev–Trinajstić information content (AvgIpc) is 3.05. The molecule has 1 aromatic carbocycles. The Hall–Kier alpha value is -2.35. The third-order valence-corrected chi connectivity index (χ3v) is 3.68. The van der Waals surface area contributed by atoms with E-state index in [1.807, 2.05) is 0 Å². The minimum atomic E-state index is -4.50. The molecule has 0 saturated carbocycles. The van der Waals surface area contributed by atoms with Crippen LogP contribution in [0.5, 0.6) is 0 Å². The van der Waals surface area contributed by atoms with E-state index in [4.69, 9.17) is 0 Å². The van der Waals surface area contributed by atoms with Crippen molar-refractivity contribution in [3.63, 3.8) is 0 Å². The van der Waals surface area contributed by atoms with Gasteiger partial charge in [-0.05, 0) is 24.3 Å². The van der Waals surface area contributed by atoms with E-state index in [1.54, 1.807) is 17.0 Å².